The summed E-state index contributed by atoms with van der Waals surface area (Å²) in [5.41, 5.74) is 3.15. The molecule has 3 saturated carbocycles. The number of fused-ring (bicyclic) bond motifs is 4. The Morgan fingerprint density at radius 1 is 1.03 bits per heavy atom. The summed E-state index contributed by atoms with van der Waals surface area (Å²) in [6.45, 7) is 14.1. The number of ketones is 1. The first-order chi connectivity index (χ1) is 14.1. The van der Waals surface area contributed by atoms with Crippen molar-refractivity contribution in [1.82, 2.24) is 0 Å². The number of carbonyl (C=O) groups excluding carboxylic acids is 1. The van der Waals surface area contributed by atoms with Crippen LogP contribution >= 0.6 is 0 Å². The summed E-state index contributed by atoms with van der Waals surface area (Å²) >= 11 is 0. The highest BCUT2D eigenvalue weighted by molar-refractivity contribution is 6.00. The van der Waals surface area contributed by atoms with Crippen molar-refractivity contribution in [1.29, 1.82) is 0 Å². The van der Waals surface area contributed by atoms with Gasteiger partial charge >= 0.3 is 0 Å². The molecule has 0 aromatic heterocycles. The van der Waals surface area contributed by atoms with Gasteiger partial charge in [0.15, 0.2) is 5.78 Å². The Morgan fingerprint density at radius 3 is 2.47 bits per heavy atom. The first-order valence-electron chi connectivity index (χ1n) is 12.7. The van der Waals surface area contributed by atoms with Gasteiger partial charge in [0.25, 0.3) is 0 Å². The molecule has 3 fully saturated rings. The highest BCUT2D eigenvalue weighted by atomic mass is 16.3. The maximum atomic E-state index is 13.4. The molecule has 2 nitrogen and oxygen atoms in total. The second kappa shape index (κ2) is 7.91. The van der Waals surface area contributed by atoms with Gasteiger partial charge in [-0.3, -0.25) is 4.79 Å². The largest absolute Gasteiger partial charge is 0.393 e. The zero-order valence-electron chi connectivity index (χ0n) is 20.2. The van der Waals surface area contributed by atoms with Crippen molar-refractivity contribution in [2.45, 2.75) is 99.0 Å². The van der Waals surface area contributed by atoms with Crippen LogP contribution in [0.5, 0.6) is 0 Å². The molecule has 4 aliphatic carbocycles. The Morgan fingerprint density at radius 2 is 1.77 bits per heavy atom. The molecule has 0 unspecified atom stereocenters. The Hall–Kier alpha value is -0.890. The van der Waals surface area contributed by atoms with Crippen LogP contribution in [0.4, 0.5) is 0 Å². The predicted octanol–water partition coefficient (Wildman–Crippen LogP) is 6.73. The van der Waals surface area contributed by atoms with E-state index in [2.05, 4.69) is 53.7 Å². The smallest absolute Gasteiger partial charge is 0.159 e. The lowest BCUT2D eigenvalue weighted by Crippen LogP contribution is -2.48. The van der Waals surface area contributed by atoms with E-state index in [-0.39, 0.29) is 16.9 Å². The molecule has 4 rings (SSSR count). The van der Waals surface area contributed by atoms with Gasteiger partial charge < -0.3 is 5.11 Å². The van der Waals surface area contributed by atoms with E-state index < -0.39 is 0 Å². The van der Waals surface area contributed by atoms with Crippen LogP contribution in [0.1, 0.15) is 92.9 Å². The Balaban J connectivity index is 1.63. The van der Waals surface area contributed by atoms with E-state index >= 15 is 0 Å². The maximum absolute atomic E-state index is 13.4. The van der Waals surface area contributed by atoms with Crippen LogP contribution in [-0.2, 0) is 4.79 Å². The van der Waals surface area contributed by atoms with Crippen LogP contribution in [0.25, 0.3) is 0 Å². The fourth-order valence-corrected chi connectivity index (χ4v) is 7.81. The standard InChI is InChI=1S/C28H44O2/c1-17(2)18(3)7-8-19(4)24-16-25(30)26-22-10-9-20-15-21(29)11-13-27(20,5)23(22)12-14-28(24,26)6/h7-8,17-21,23-24,29H,9-16H2,1-6H3/t18-,19-,20+,21+,23+,24-,27+,28-/m1/s1. The van der Waals surface area contributed by atoms with Crippen molar-refractivity contribution in [2.75, 3.05) is 0 Å². The second-order valence-corrected chi connectivity index (χ2v) is 12.2. The molecule has 30 heavy (non-hydrogen) atoms. The molecule has 0 heterocycles. The number of Topliss-reactive ketones (excluding diaryl/α,β-unsaturated/α-hetero) is 1. The molecule has 0 aromatic rings. The fraction of sp³-hybridized carbons (Fsp3) is 0.821. The van der Waals surface area contributed by atoms with E-state index in [4.69, 9.17) is 0 Å². The average molecular weight is 413 g/mol. The zero-order chi connectivity index (χ0) is 21.8. The summed E-state index contributed by atoms with van der Waals surface area (Å²) < 4.78 is 0. The average Bonchev–Trinajstić information content (AvgIpc) is 2.97. The molecule has 168 valence electrons. The van der Waals surface area contributed by atoms with Gasteiger partial charge in [0.05, 0.1) is 6.10 Å². The molecule has 4 aliphatic rings. The number of aliphatic hydroxyl groups excluding tert-OH is 1. The quantitative estimate of drug-likeness (QED) is 0.520. The Bertz CT molecular complexity index is 746. The fourth-order valence-electron chi connectivity index (χ4n) is 7.81. The molecule has 0 saturated heterocycles. The first-order valence-corrected chi connectivity index (χ1v) is 12.7. The van der Waals surface area contributed by atoms with Crippen LogP contribution in [0.3, 0.4) is 0 Å². The van der Waals surface area contributed by atoms with Gasteiger partial charge in [0, 0.05) is 12.0 Å². The van der Waals surface area contributed by atoms with Crippen molar-refractivity contribution < 1.29 is 9.90 Å². The van der Waals surface area contributed by atoms with Gasteiger partial charge in [-0.05, 0) is 91.3 Å². The third kappa shape index (κ3) is 3.46. The molecule has 8 atom stereocenters. The lowest BCUT2D eigenvalue weighted by atomic mass is 9.49. The van der Waals surface area contributed by atoms with Gasteiger partial charge in [-0.2, -0.15) is 0 Å². The summed E-state index contributed by atoms with van der Waals surface area (Å²) in [6.07, 6.45) is 13.1. The van der Waals surface area contributed by atoms with Gasteiger partial charge in [-0.1, -0.05) is 59.3 Å². The van der Waals surface area contributed by atoms with Crippen molar-refractivity contribution >= 4 is 5.78 Å². The molecule has 1 N–H and O–H groups in total. The van der Waals surface area contributed by atoms with Crippen LogP contribution in [0.15, 0.2) is 23.3 Å². The van der Waals surface area contributed by atoms with E-state index in [1.165, 1.54) is 17.6 Å². The van der Waals surface area contributed by atoms with Gasteiger partial charge in [-0.15, -0.1) is 0 Å². The van der Waals surface area contributed by atoms with Gasteiger partial charge in [0.1, 0.15) is 0 Å². The number of aliphatic hydroxyl groups is 1. The molecule has 0 aromatic carbocycles. The van der Waals surface area contributed by atoms with Gasteiger partial charge in [-0.25, -0.2) is 0 Å². The lowest BCUT2D eigenvalue weighted by Gasteiger charge is -2.56. The highest BCUT2D eigenvalue weighted by Crippen LogP contribution is 2.65. The molecular weight excluding hydrogens is 368 g/mol. The van der Waals surface area contributed by atoms with Crippen molar-refractivity contribution in [3.05, 3.63) is 23.3 Å². The van der Waals surface area contributed by atoms with Crippen LogP contribution in [0.2, 0.25) is 0 Å². The number of carbonyl (C=O) groups is 1. The van der Waals surface area contributed by atoms with Crippen molar-refractivity contribution in [2.24, 2.45) is 46.3 Å². The van der Waals surface area contributed by atoms with Crippen molar-refractivity contribution in [3.63, 3.8) is 0 Å². The minimum atomic E-state index is -0.107. The normalized spacial score (nSPS) is 43.5. The summed E-state index contributed by atoms with van der Waals surface area (Å²) in [4.78, 5) is 13.4. The summed E-state index contributed by atoms with van der Waals surface area (Å²) in [7, 11) is 0. The second-order valence-electron chi connectivity index (χ2n) is 12.2. The van der Waals surface area contributed by atoms with Crippen LogP contribution < -0.4 is 0 Å². The summed E-state index contributed by atoms with van der Waals surface area (Å²) in [6, 6.07) is 0. The molecule has 0 aliphatic heterocycles. The summed E-state index contributed by atoms with van der Waals surface area (Å²) in [5, 5.41) is 10.2. The molecule has 0 amide bonds. The zero-order valence-corrected chi connectivity index (χ0v) is 20.2. The predicted molar refractivity (Wildman–Crippen MR) is 124 cm³/mol. The third-order valence-corrected chi connectivity index (χ3v) is 10.2. The molecular formula is C28H44O2. The monoisotopic (exact) mass is 412 g/mol. The molecule has 2 heteroatoms. The maximum Gasteiger partial charge on any atom is 0.159 e. The van der Waals surface area contributed by atoms with E-state index in [9.17, 15) is 9.90 Å². The van der Waals surface area contributed by atoms with Crippen LogP contribution in [0, 0.1) is 46.3 Å². The van der Waals surface area contributed by atoms with Crippen LogP contribution in [-0.4, -0.2) is 17.0 Å². The third-order valence-electron chi connectivity index (χ3n) is 10.2. The molecule has 0 bridgehead atoms. The number of hydrogen-bond donors (Lipinski definition) is 1. The number of rotatable bonds is 4. The van der Waals surface area contributed by atoms with E-state index in [1.54, 1.807) is 0 Å². The topological polar surface area (TPSA) is 37.3 Å². The van der Waals surface area contributed by atoms with Crippen molar-refractivity contribution in [3.8, 4) is 0 Å². The molecule has 0 radical (unpaired) electrons. The Labute approximate surface area is 184 Å². The SMILES string of the molecule is CC(C)[C@H](C)C=C[C@@H](C)[C@H]1CC(=O)C2=C3CC[C@H]4C[C@@H](O)CC[C@]4(C)[C@H]3CC[C@@]21C. The number of allylic oxidation sites excluding steroid dienone is 4. The lowest BCUT2D eigenvalue weighted by molar-refractivity contribution is -0.115. The molecule has 0 spiro atoms. The first kappa shape index (κ1) is 22.3. The summed E-state index contributed by atoms with van der Waals surface area (Å²) in [5.74, 6) is 3.80. The Kier molecular flexibility index (Phi) is 5.88. The number of hydrogen-bond acceptors (Lipinski definition) is 2. The minimum absolute atomic E-state index is 0.0606. The van der Waals surface area contributed by atoms with E-state index in [0.717, 1.165) is 44.9 Å². The highest BCUT2D eigenvalue weighted by Gasteiger charge is 2.57. The van der Waals surface area contributed by atoms with E-state index in [1.807, 2.05) is 0 Å². The minimum Gasteiger partial charge on any atom is -0.393 e. The van der Waals surface area contributed by atoms with E-state index in [0.29, 0.717) is 41.3 Å². The van der Waals surface area contributed by atoms with Gasteiger partial charge in [0.2, 0.25) is 0 Å².